The molecular weight excluding hydrogens is 252 g/mol. The number of carbonyl (C=O) groups is 1. The topological polar surface area (TPSA) is 69.4 Å². The van der Waals surface area contributed by atoms with Crippen molar-refractivity contribution in [3.63, 3.8) is 0 Å². The maximum absolute atomic E-state index is 11.0. The lowest BCUT2D eigenvalue weighted by Crippen LogP contribution is -2.02. The average molecular weight is 266 g/mol. The van der Waals surface area contributed by atoms with E-state index in [1.807, 2.05) is 24.3 Å². The Hall–Kier alpha value is -1.63. The molecular formula is C11H14N4O2S. The normalized spacial score (nSPS) is 10.8. The Morgan fingerprint density at radius 3 is 2.94 bits per heavy atom. The molecule has 96 valence electrons. The van der Waals surface area contributed by atoms with Gasteiger partial charge in [-0.15, -0.1) is 10.2 Å². The zero-order valence-electron chi connectivity index (χ0n) is 10.5. The van der Waals surface area contributed by atoms with Crippen LogP contribution in [0.1, 0.15) is 17.8 Å². The number of rotatable bonds is 4. The summed E-state index contributed by atoms with van der Waals surface area (Å²) in [5.41, 5.74) is 1.95. The Kier molecular flexibility index (Phi) is 3.81. The summed E-state index contributed by atoms with van der Waals surface area (Å²) >= 11 is 1.47. The van der Waals surface area contributed by atoms with Gasteiger partial charge in [-0.05, 0) is 19.9 Å². The number of thioether (sulfide) groups is 1. The number of esters is 1. The van der Waals surface area contributed by atoms with Crippen LogP contribution >= 0.6 is 11.8 Å². The Bertz CT molecular complexity index is 582. The standard InChI is InChI=1S/C11H14N4O2S/c1-7-6-8(2)15-10(12-7)13-14-11(15)18-5-4-9(16)17-3/h6H,4-5H2,1-3H3. The number of ether oxygens (including phenoxy) is 1. The molecule has 2 aromatic rings. The summed E-state index contributed by atoms with van der Waals surface area (Å²) < 4.78 is 6.47. The molecule has 0 amide bonds. The summed E-state index contributed by atoms with van der Waals surface area (Å²) in [6, 6.07) is 1.97. The maximum Gasteiger partial charge on any atom is 0.306 e. The molecule has 0 aliphatic rings. The van der Waals surface area contributed by atoms with Gasteiger partial charge in [0.1, 0.15) is 0 Å². The molecule has 2 heterocycles. The molecule has 2 rings (SSSR count). The predicted molar refractivity (Wildman–Crippen MR) is 67.6 cm³/mol. The number of hydrogen-bond donors (Lipinski definition) is 0. The number of fused-ring (bicyclic) bond motifs is 1. The minimum Gasteiger partial charge on any atom is -0.469 e. The van der Waals surface area contributed by atoms with Crippen LogP contribution in [0.2, 0.25) is 0 Å². The van der Waals surface area contributed by atoms with E-state index in [0.717, 1.165) is 16.5 Å². The van der Waals surface area contributed by atoms with Crippen molar-refractivity contribution in [2.45, 2.75) is 25.4 Å². The van der Waals surface area contributed by atoms with Crippen molar-refractivity contribution < 1.29 is 9.53 Å². The van der Waals surface area contributed by atoms with Crippen LogP contribution in [-0.2, 0) is 9.53 Å². The molecule has 18 heavy (non-hydrogen) atoms. The molecule has 0 saturated heterocycles. The second-order valence-corrected chi connectivity index (χ2v) is 4.89. The second kappa shape index (κ2) is 5.34. The third-order valence-corrected chi connectivity index (χ3v) is 3.36. The van der Waals surface area contributed by atoms with E-state index < -0.39 is 0 Å². The van der Waals surface area contributed by atoms with Gasteiger partial charge in [0.25, 0.3) is 5.78 Å². The molecule has 0 fully saturated rings. The van der Waals surface area contributed by atoms with Gasteiger partial charge >= 0.3 is 5.97 Å². The molecule has 0 aliphatic carbocycles. The minimum absolute atomic E-state index is 0.220. The lowest BCUT2D eigenvalue weighted by molar-refractivity contribution is -0.140. The highest BCUT2D eigenvalue weighted by molar-refractivity contribution is 7.99. The number of aryl methyl sites for hydroxylation is 2. The van der Waals surface area contributed by atoms with Gasteiger partial charge in [0, 0.05) is 17.1 Å². The van der Waals surface area contributed by atoms with Crippen molar-refractivity contribution in [2.75, 3.05) is 12.9 Å². The van der Waals surface area contributed by atoms with Crippen molar-refractivity contribution in [2.24, 2.45) is 0 Å². The monoisotopic (exact) mass is 266 g/mol. The van der Waals surface area contributed by atoms with Gasteiger partial charge in [0.2, 0.25) is 0 Å². The minimum atomic E-state index is -0.220. The van der Waals surface area contributed by atoms with E-state index in [1.165, 1.54) is 18.9 Å². The van der Waals surface area contributed by atoms with Gasteiger partial charge in [-0.2, -0.15) is 0 Å². The highest BCUT2D eigenvalue weighted by Crippen LogP contribution is 2.19. The maximum atomic E-state index is 11.0. The Balaban J connectivity index is 2.17. The SMILES string of the molecule is COC(=O)CCSc1nnc2nc(C)cc(C)n12. The largest absolute Gasteiger partial charge is 0.469 e. The van der Waals surface area contributed by atoms with Crippen LogP contribution in [0, 0.1) is 13.8 Å². The van der Waals surface area contributed by atoms with Crippen LogP contribution in [-0.4, -0.2) is 38.4 Å². The van der Waals surface area contributed by atoms with Gasteiger partial charge in [0.05, 0.1) is 13.5 Å². The summed E-state index contributed by atoms with van der Waals surface area (Å²) in [7, 11) is 1.39. The molecule has 0 spiro atoms. The van der Waals surface area contributed by atoms with Crippen LogP contribution < -0.4 is 0 Å². The summed E-state index contributed by atoms with van der Waals surface area (Å²) in [5.74, 6) is 0.982. The Morgan fingerprint density at radius 1 is 1.44 bits per heavy atom. The molecule has 0 N–H and O–H groups in total. The molecule has 0 radical (unpaired) electrons. The van der Waals surface area contributed by atoms with Crippen molar-refractivity contribution in [1.29, 1.82) is 0 Å². The first-order valence-electron chi connectivity index (χ1n) is 5.51. The van der Waals surface area contributed by atoms with E-state index in [2.05, 4.69) is 19.9 Å². The van der Waals surface area contributed by atoms with Crippen LogP contribution in [0.25, 0.3) is 5.78 Å². The van der Waals surface area contributed by atoms with Gasteiger partial charge in [0.15, 0.2) is 5.16 Å². The zero-order valence-corrected chi connectivity index (χ0v) is 11.3. The lowest BCUT2D eigenvalue weighted by atomic mass is 10.3. The lowest BCUT2D eigenvalue weighted by Gasteiger charge is -2.03. The number of aromatic nitrogens is 4. The molecule has 0 atom stereocenters. The van der Waals surface area contributed by atoms with E-state index in [1.54, 1.807) is 0 Å². The smallest absolute Gasteiger partial charge is 0.306 e. The third-order valence-electron chi connectivity index (χ3n) is 2.43. The fraction of sp³-hybridized carbons (Fsp3) is 0.455. The Labute approximate surface area is 109 Å². The first-order chi connectivity index (χ1) is 8.61. The molecule has 2 aromatic heterocycles. The molecule has 7 heteroatoms. The molecule has 6 nitrogen and oxygen atoms in total. The van der Waals surface area contributed by atoms with Crippen molar-refractivity contribution >= 4 is 23.5 Å². The van der Waals surface area contributed by atoms with E-state index in [4.69, 9.17) is 0 Å². The number of nitrogens with zero attached hydrogens (tertiary/aromatic N) is 4. The molecule has 0 bridgehead atoms. The van der Waals surface area contributed by atoms with Gasteiger partial charge in [-0.3, -0.25) is 9.20 Å². The summed E-state index contributed by atoms with van der Waals surface area (Å²) in [6.07, 6.45) is 0.356. The van der Waals surface area contributed by atoms with E-state index in [-0.39, 0.29) is 5.97 Å². The highest BCUT2D eigenvalue weighted by Gasteiger charge is 2.10. The fourth-order valence-electron chi connectivity index (χ4n) is 1.62. The van der Waals surface area contributed by atoms with Gasteiger partial charge in [-0.25, -0.2) is 4.98 Å². The molecule has 0 saturated carbocycles. The summed E-state index contributed by atoms with van der Waals surface area (Å²) in [6.45, 7) is 3.90. The quantitative estimate of drug-likeness (QED) is 0.615. The predicted octanol–water partition coefficient (Wildman–Crippen LogP) is 1.40. The molecule has 0 unspecified atom stereocenters. The second-order valence-electron chi connectivity index (χ2n) is 3.83. The van der Waals surface area contributed by atoms with Crippen LogP contribution in [0.5, 0.6) is 0 Å². The van der Waals surface area contributed by atoms with E-state index in [9.17, 15) is 4.79 Å². The highest BCUT2D eigenvalue weighted by atomic mass is 32.2. The van der Waals surface area contributed by atoms with Gasteiger partial charge in [-0.1, -0.05) is 11.8 Å². The van der Waals surface area contributed by atoms with Gasteiger partial charge < -0.3 is 4.74 Å². The van der Waals surface area contributed by atoms with Crippen molar-refractivity contribution in [3.05, 3.63) is 17.5 Å². The zero-order chi connectivity index (χ0) is 13.1. The van der Waals surface area contributed by atoms with E-state index in [0.29, 0.717) is 18.0 Å². The summed E-state index contributed by atoms with van der Waals surface area (Å²) in [4.78, 5) is 15.3. The fourth-order valence-corrected chi connectivity index (χ4v) is 2.53. The first kappa shape index (κ1) is 12.8. The number of methoxy groups -OCH3 is 1. The van der Waals surface area contributed by atoms with Crippen molar-refractivity contribution in [3.8, 4) is 0 Å². The van der Waals surface area contributed by atoms with Crippen LogP contribution in [0.15, 0.2) is 11.2 Å². The third kappa shape index (κ3) is 2.61. The average Bonchev–Trinajstić information content (AvgIpc) is 2.72. The molecule has 0 aliphatic heterocycles. The number of carbonyl (C=O) groups excluding carboxylic acids is 1. The first-order valence-corrected chi connectivity index (χ1v) is 6.49. The van der Waals surface area contributed by atoms with Crippen LogP contribution in [0.3, 0.4) is 0 Å². The number of hydrogen-bond acceptors (Lipinski definition) is 6. The summed E-state index contributed by atoms with van der Waals surface area (Å²) in [5, 5.41) is 8.85. The van der Waals surface area contributed by atoms with Crippen LogP contribution in [0.4, 0.5) is 0 Å². The molecule has 0 aromatic carbocycles. The van der Waals surface area contributed by atoms with E-state index >= 15 is 0 Å². The van der Waals surface area contributed by atoms with Crippen molar-refractivity contribution in [1.82, 2.24) is 19.6 Å². The Morgan fingerprint density at radius 2 is 2.22 bits per heavy atom.